The lowest BCUT2D eigenvalue weighted by molar-refractivity contribution is -0.139. The van der Waals surface area contributed by atoms with Crippen LogP contribution < -0.4 is 5.32 Å². The van der Waals surface area contributed by atoms with Crippen LogP contribution in [0.5, 0.6) is 0 Å². The fraction of sp³-hybridized carbons (Fsp3) is 0.818. The molecule has 0 aliphatic rings. The number of rotatable bonds is 7. The van der Waals surface area contributed by atoms with E-state index in [4.69, 9.17) is 5.11 Å². The van der Waals surface area contributed by atoms with Gasteiger partial charge in [0.2, 0.25) is 0 Å². The summed E-state index contributed by atoms with van der Waals surface area (Å²) >= 11 is 0. The van der Waals surface area contributed by atoms with Crippen molar-refractivity contribution in [1.82, 2.24) is 10.2 Å². The highest BCUT2D eigenvalue weighted by molar-refractivity contribution is 5.82. The summed E-state index contributed by atoms with van der Waals surface area (Å²) in [6, 6.07) is -1.07. The summed E-state index contributed by atoms with van der Waals surface area (Å²) in [5.41, 5.74) is 0. The van der Waals surface area contributed by atoms with Gasteiger partial charge in [0.1, 0.15) is 6.04 Å². The molecule has 1 atom stereocenters. The molecule has 2 N–H and O–H groups in total. The summed E-state index contributed by atoms with van der Waals surface area (Å²) < 4.78 is 0. The number of hydrogen-bond donors (Lipinski definition) is 2. The van der Waals surface area contributed by atoms with Gasteiger partial charge in [-0.05, 0) is 19.3 Å². The summed E-state index contributed by atoms with van der Waals surface area (Å²) in [6.07, 6.45) is 2.14. The molecule has 0 bridgehead atoms. The van der Waals surface area contributed by atoms with Gasteiger partial charge in [-0.3, -0.25) is 0 Å². The van der Waals surface area contributed by atoms with Crippen LogP contribution in [0.15, 0.2) is 0 Å². The lowest BCUT2D eigenvalue weighted by atomic mass is 10.2. The molecule has 0 aromatic heterocycles. The third-order valence-electron chi connectivity index (χ3n) is 2.28. The Balaban J connectivity index is 4.32. The number of amides is 2. The molecule has 2 amide bonds. The number of carboxylic acid groups (broad SMARTS) is 1. The van der Waals surface area contributed by atoms with Crippen LogP contribution in [0.2, 0.25) is 0 Å². The first-order valence-electron chi connectivity index (χ1n) is 5.84. The smallest absolute Gasteiger partial charge is 0.326 e. The van der Waals surface area contributed by atoms with Gasteiger partial charge >= 0.3 is 12.0 Å². The molecule has 0 fully saturated rings. The Hall–Kier alpha value is -1.26. The quantitative estimate of drug-likeness (QED) is 0.699. The van der Waals surface area contributed by atoms with Crippen molar-refractivity contribution in [3.8, 4) is 0 Å². The Morgan fingerprint density at radius 2 is 1.69 bits per heavy atom. The van der Waals surface area contributed by atoms with Gasteiger partial charge in [0.25, 0.3) is 0 Å². The van der Waals surface area contributed by atoms with Crippen LogP contribution in [0.4, 0.5) is 4.79 Å². The van der Waals surface area contributed by atoms with E-state index in [0.29, 0.717) is 19.5 Å². The minimum Gasteiger partial charge on any atom is -0.480 e. The standard InChI is InChI=1S/C11H22N2O3/c1-4-7-13(8-5-2)11(16)12-9(6-3)10(14)15/h9H,4-8H2,1-3H3,(H,12,16)(H,14,15)/t9-/m1/s1. The molecule has 0 saturated heterocycles. The topological polar surface area (TPSA) is 69.6 Å². The van der Waals surface area contributed by atoms with Gasteiger partial charge in [0.15, 0.2) is 0 Å². The molecule has 5 nitrogen and oxygen atoms in total. The number of carboxylic acids is 1. The van der Waals surface area contributed by atoms with Gasteiger partial charge in [-0.15, -0.1) is 0 Å². The Morgan fingerprint density at radius 3 is 2.00 bits per heavy atom. The Morgan fingerprint density at radius 1 is 1.19 bits per heavy atom. The Labute approximate surface area is 96.8 Å². The lowest BCUT2D eigenvalue weighted by Gasteiger charge is -2.23. The molecule has 0 saturated carbocycles. The average molecular weight is 230 g/mol. The van der Waals surface area contributed by atoms with Crippen molar-refractivity contribution in [3.63, 3.8) is 0 Å². The fourth-order valence-corrected chi connectivity index (χ4v) is 1.43. The fourth-order valence-electron chi connectivity index (χ4n) is 1.43. The molecule has 0 unspecified atom stereocenters. The highest BCUT2D eigenvalue weighted by atomic mass is 16.4. The lowest BCUT2D eigenvalue weighted by Crippen LogP contribution is -2.48. The van der Waals surface area contributed by atoms with E-state index < -0.39 is 12.0 Å². The number of nitrogens with zero attached hydrogens (tertiary/aromatic N) is 1. The summed E-state index contributed by atoms with van der Waals surface area (Å²) in [6.45, 7) is 7.05. The maximum atomic E-state index is 11.7. The predicted octanol–water partition coefficient (Wildman–Crippen LogP) is 1.68. The monoisotopic (exact) mass is 230 g/mol. The number of urea groups is 1. The van der Waals surface area contributed by atoms with Gasteiger partial charge in [-0.1, -0.05) is 20.8 Å². The van der Waals surface area contributed by atoms with E-state index in [0.717, 1.165) is 12.8 Å². The first-order valence-corrected chi connectivity index (χ1v) is 5.84. The second-order valence-corrected chi connectivity index (χ2v) is 3.74. The van der Waals surface area contributed by atoms with E-state index in [9.17, 15) is 9.59 Å². The van der Waals surface area contributed by atoms with Gasteiger partial charge in [-0.2, -0.15) is 0 Å². The van der Waals surface area contributed by atoms with Gasteiger partial charge in [0.05, 0.1) is 0 Å². The Bertz CT molecular complexity index is 225. The summed E-state index contributed by atoms with van der Waals surface area (Å²) in [5.74, 6) is -0.983. The van der Waals surface area contributed by atoms with Crippen molar-refractivity contribution < 1.29 is 14.7 Å². The normalized spacial score (nSPS) is 11.9. The summed E-state index contributed by atoms with van der Waals surface area (Å²) in [7, 11) is 0. The van der Waals surface area contributed by atoms with E-state index in [1.807, 2.05) is 13.8 Å². The van der Waals surface area contributed by atoms with Crippen molar-refractivity contribution in [3.05, 3.63) is 0 Å². The van der Waals surface area contributed by atoms with Crippen LogP contribution in [-0.4, -0.2) is 41.1 Å². The minimum atomic E-state index is -0.983. The van der Waals surface area contributed by atoms with Crippen LogP contribution in [0, 0.1) is 0 Å². The van der Waals surface area contributed by atoms with Crippen LogP contribution in [0.1, 0.15) is 40.0 Å². The number of aliphatic carboxylic acids is 1. The zero-order valence-corrected chi connectivity index (χ0v) is 10.3. The first kappa shape index (κ1) is 14.7. The average Bonchev–Trinajstić information content (AvgIpc) is 2.24. The molecule has 0 rings (SSSR count). The largest absolute Gasteiger partial charge is 0.480 e. The van der Waals surface area contributed by atoms with Crippen molar-refractivity contribution in [1.29, 1.82) is 0 Å². The summed E-state index contributed by atoms with van der Waals surface area (Å²) in [5, 5.41) is 11.4. The molecule has 0 heterocycles. The van der Waals surface area contributed by atoms with Crippen molar-refractivity contribution >= 4 is 12.0 Å². The molecule has 5 heteroatoms. The molecular formula is C11H22N2O3. The van der Waals surface area contributed by atoms with E-state index in [2.05, 4.69) is 5.32 Å². The van der Waals surface area contributed by atoms with Gasteiger partial charge in [-0.25, -0.2) is 9.59 Å². The van der Waals surface area contributed by atoms with Gasteiger partial charge < -0.3 is 15.3 Å². The molecular weight excluding hydrogens is 208 g/mol. The third-order valence-corrected chi connectivity index (χ3v) is 2.28. The van der Waals surface area contributed by atoms with Crippen LogP contribution in [-0.2, 0) is 4.79 Å². The molecule has 94 valence electrons. The maximum absolute atomic E-state index is 11.7. The zero-order chi connectivity index (χ0) is 12.6. The second-order valence-electron chi connectivity index (χ2n) is 3.74. The highest BCUT2D eigenvalue weighted by Gasteiger charge is 2.20. The number of nitrogens with one attached hydrogen (secondary N) is 1. The van der Waals surface area contributed by atoms with Crippen molar-refractivity contribution in [2.24, 2.45) is 0 Å². The minimum absolute atomic E-state index is 0.280. The molecule has 0 spiro atoms. The van der Waals surface area contributed by atoms with Crippen molar-refractivity contribution in [2.75, 3.05) is 13.1 Å². The maximum Gasteiger partial charge on any atom is 0.326 e. The molecule has 0 aromatic rings. The zero-order valence-electron chi connectivity index (χ0n) is 10.3. The van der Waals surface area contributed by atoms with E-state index in [1.165, 1.54) is 0 Å². The van der Waals surface area contributed by atoms with E-state index in [1.54, 1.807) is 11.8 Å². The van der Waals surface area contributed by atoms with Crippen LogP contribution in [0.25, 0.3) is 0 Å². The molecule has 0 aromatic carbocycles. The van der Waals surface area contributed by atoms with Crippen molar-refractivity contribution in [2.45, 2.75) is 46.1 Å². The molecule has 0 radical (unpaired) electrons. The number of hydrogen-bond acceptors (Lipinski definition) is 2. The summed E-state index contributed by atoms with van der Waals surface area (Å²) in [4.78, 5) is 24.2. The van der Waals surface area contributed by atoms with Crippen LogP contribution >= 0.6 is 0 Å². The molecule has 16 heavy (non-hydrogen) atoms. The Kier molecular flexibility index (Phi) is 7.33. The third kappa shape index (κ3) is 5.00. The SMILES string of the molecule is CCCN(CCC)C(=O)N[C@H](CC)C(=O)O. The number of carbonyl (C=O) groups is 2. The van der Waals surface area contributed by atoms with E-state index in [-0.39, 0.29) is 6.03 Å². The predicted molar refractivity (Wildman–Crippen MR) is 62.4 cm³/mol. The molecule has 0 aliphatic carbocycles. The first-order chi connectivity index (χ1) is 7.56. The number of carbonyl (C=O) groups excluding carboxylic acids is 1. The second kappa shape index (κ2) is 7.96. The van der Waals surface area contributed by atoms with E-state index >= 15 is 0 Å². The molecule has 0 aliphatic heterocycles. The van der Waals surface area contributed by atoms with Crippen LogP contribution in [0.3, 0.4) is 0 Å². The van der Waals surface area contributed by atoms with Gasteiger partial charge in [0, 0.05) is 13.1 Å². The highest BCUT2D eigenvalue weighted by Crippen LogP contribution is 1.98.